The van der Waals surface area contributed by atoms with Gasteiger partial charge in [-0.25, -0.2) is 0 Å². The zero-order valence-corrected chi connectivity index (χ0v) is 12.7. The highest BCUT2D eigenvalue weighted by Crippen LogP contribution is 2.30. The largest absolute Gasteiger partial charge is 0.480 e. The number of amides is 1. The first-order valence-electron chi connectivity index (χ1n) is 6.14. The average molecular weight is 312 g/mol. The smallest absolute Gasteiger partial charge is 0.323 e. The van der Waals surface area contributed by atoms with Gasteiger partial charge >= 0.3 is 5.97 Å². The number of likely N-dealkylation sites (N-methyl/N-ethyl adjacent to an activating group) is 1. The molecule has 0 radical (unpaired) electrons. The second-order valence-corrected chi connectivity index (χ2v) is 6.28. The molecule has 1 N–H and O–H groups in total. The van der Waals surface area contributed by atoms with Crippen LogP contribution in [0.4, 0.5) is 5.69 Å². The van der Waals surface area contributed by atoms with Crippen molar-refractivity contribution in [3.63, 3.8) is 0 Å². The number of carbonyl (C=O) groups is 2. The van der Waals surface area contributed by atoms with Crippen molar-refractivity contribution >= 4 is 29.3 Å². The summed E-state index contributed by atoms with van der Waals surface area (Å²) in [5, 5.41) is 19.7. The molecule has 7 nitrogen and oxygen atoms in total. The summed E-state index contributed by atoms with van der Waals surface area (Å²) in [6.45, 7) is 3.40. The molecule has 0 aliphatic carbocycles. The molecule has 0 fully saturated rings. The molecule has 0 aliphatic rings. The van der Waals surface area contributed by atoms with E-state index in [1.54, 1.807) is 0 Å². The van der Waals surface area contributed by atoms with Gasteiger partial charge in [0.1, 0.15) is 6.54 Å². The third kappa shape index (κ3) is 4.75. The molecule has 0 aliphatic heterocycles. The van der Waals surface area contributed by atoms with Gasteiger partial charge in [0, 0.05) is 29.3 Å². The highest BCUT2D eigenvalue weighted by atomic mass is 32.2. The second-order valence-electron chi connectivity index (χ2n) is 4.66. The number of nitro groups is 1. The Hall–Kier alpha value is -2.09. The molecule has 1 aromatic carbocycles. The standard InChI is InChI=1S/C13H16N2O5S/c1-8(2)21-11-5-4-9(15(19)20)6-10(11)13(18)14(3)7-12(16)17/h4-6,8H,7H2,1-3H3,(H,16,17). The fraction of sp³-hybridized carbons (Fsp3) is 0.385. The van der Waals surface area contributed by atoms with Gasteiger partial charge in [-0.1, -0.05) is 13.8 Å². The van der Waals surface area contributed by atoms with E-state index in [0.717, 1.165) is 4.90 Å². The molecule has 0 atom stereocenters. The first-order chi connectivity index (χ1) is 9.72. The Bertz CT molecular complexity index is 574. The van der Waals surface area contributed by atoms with Crippen molar-refractivity contribution in [2.75, 3.05) is 13.6 Å². The summed E-state index contributed by atoms with van der Waals surface area (Å²) in [4.78, 5) is 34.8. The molecular formula is C13H16N2O5S. The number of benzene rings is 1. The van der Waals surface area contributed by atoms with Crippen LogP contribution in [-0.2, 0) is 4.79 Å². The lowest BCUT2D eigenvalue weighted by atomic mass is 10.1. The molecule has 0 saturated carbocycles. The van der Waals surface area contributed by atoms with Crippen molar-refractivity contribution in [3.05, 3.63) is 33.9 Å². The number of aliphatic carboxylic acids is 1. The predicted octanol–water partition coefficient (Wildman–Crippen LogP) is 2.25. The maximum atomic E-state index is 12.3. The van der Waals surface area contributed by atoms with Crippen molar-refractivity contribution in [2.24, 2.45) is 0 Å². The zero-order chi connectivity index (χ0) is 16.2. The van der Waals surface area contributed by atoms with Crippen molar-refractivity contribution in [2.45, 2.75) is 24.0 Å². The highest BCUT2D eigenvalue weighted by molar-refractivity contribution is 8.00. The van der Waals surface area contributed by atoms with Gasteiger partial charge in [-0.05, 0) is 6.07 Å². The number of carboxylic acids is 1. The molecule has 114 valence electrons. The minimum atomic E-state index is -1.14. The molecule has 0 spiro atoms. The molecule has 0 unspecified atom stereocenters. The lowest BCUT2D eigenvalue weighted by Gasteiger charge is -2.17. The van der Waals surface area contributed by atoms with Crippen molar-refractivity contribution in [1.82, 2.24) is 4.90 Å². The highest BCUT2D eigenvalue weighted by Gasteiger charge is 2.21. The summed E-state index contributed by atoms with van der Waals surface area (Å²) in [7, 11) is 1.35. The average Bonchev–Trinajstić information content (AvgIpc) is 2.36. The van der Waals surface area contributed by atoms with Crippen LogP contribution in [-0.4, -0.2) is 45.6 Å². The lowest BCUT2D eigenvalue weighted by molar-refractivity contribution is -0.384. The fourth-order valence-electron chi connectivity index (χ4n) is 1.64. The minimum absolute atomic E-state index is 0.145. The van der Waals surface area contributed by atoms with Crippen LogP contribution >= 0.6 is 11.8 Å². The van der Waals surface area contributed by atoms with Gasteiger partial charge in [0.05, 0.1) is 10.5 Å². The van der Waals surface area contributed by atoms with E-state index in [-0.39, 0.29) is 16.5 Å². The molecule has 0 bridgehead atoms. The van der Waals surface area contributed by atoms with E-state index >= 15 is 0 Å². The molecule has 1 aromatic rings. The first-order valence-corrected chi connectivity index (χ1v) is 7.02. The van der Waals surface area contributed by atoms with Crippen molar-refractivity contribution in [1.29, 1.82) is 0 Å². The number of rotatable bonds is 6. The van der Waals surface area contributed by atoms with E-state index < -0.39 is 23.3 Å². The normalized spacial score (nSPS) is 10.5. The zero-order valence-electron chi connectivity index (χ0n) is 11.9. The minimum Gasteiger partial charge on any atom is -0.480 e. The lowest BCUT2D eigenvalue weighted by Crippen LogP contribution is -2.32. The van der Waals surface area contributed by atoms with Crippen LogP contribution in [0.2, 0.25) is 0 Å². The number of hydrogen-bond acceptors (Lipinski definition) is 5. The van der Waals surface area contributed by atoms with Gasteiger partial charge in [-0.15, -0.1) is 11.8 Å². The quantitative estimate of drug-likeness (QED) is 0.491. The second kappa shape index (κ2) is 7.07. The number of non-ortho nitro benzene ring substituents is 1. The van der Waals surface area contributed by atoms with Crippen molar-refractivity contribution < 1.29 is 19.6 Å². The predicted molar refractivity (Wildman–Crippen MR) is 78.7 cm³/mol. The van der Waals surface area contributed by atoms with Crippen LogP contribution in [0.1, 0.15) is 24.2 Å². The topological polar surface area (TPSA) is 101 Å². The van der Waals surface area contributed by atoms with Gasteiger partial charge in [-0.2, -0.15) is 0 Å². The summed E-state index contributed by atoms with van der Waals surface area (Å²) in [5.74, 6) is -1.70. The van der Waals surface area contributed by atoms with Crippen LogP contribution in [0.25, 0.3) is 0 Å². The number of nitrogens with zero attached hydrogens (tertiary/aromatic N) is 2. The molecule has 21 heavy (non-hydrogen) atoms. The van der Waals surface area contributed by atoms with Crippen LogP contribution in [0, 0.1) is 10.1 Å². The van der Waals surface area contributed by atoms with Gasteiger partial charge in [0.15, 0.2) is 0 Å². The van der Waals surface area contributed by atoms with Gasteiger partial charge in [-0.3, -0.25) is 19.7 Å². The number of thioether (sulfide) groups is 1. The molecule has 1 amide bonds. The van der Waals surface area contributed by atoms with E-state index in [4.69, 9.17) is 5.11 Å². The summed E-state index contributed by atoms with van der Waals surface area (Å²) in [6, 6.07) is 4.04. The van der Waals surface area contributed by atoms with E-state index in [0.29, 0.717) is 4.90 Å². The Balaban J connectivity index is 3.21. The SMILES string of the molecule is CC(C)Sc1ccc([N+](=O)[O-])cc1C(=O)N(C)CC(=O)O. The first kappa shape index (κ1) is 17.0. The van der Waals surface area contributed by atoms with Gasteiger partial charge < -0.3 is 10.0 Å². The summed E-state index contributed by atoms with van der Waals surface area (Å²) in [5.41, 5.74) is -0.0539. The Morgan fingerprint density at radius 1 is 1.43 bits per heavy atom. The number of carboxylic acid groups (broad SMARTS) is 1. The van der Waals surface area contributed by atoms with Gasteiger partial charge in [0.2, 0.25) is 0 Å². The maximum absolute atomic E-state index is 12.3. The summed E-state index contributed by atoms with van der Waals surface area (Å²) < 4.78 is 0. The summed E-state index contributed by atoms with van der Waals surface area (Å²) >= 11 is 1.39. The van der Waals surface area contributed by atoms with Crippen LogP contribution in [0.3, 0.4) is 0 Å². The number of hydrogen-bond donors (Lipinski definition) is 1. The molecule has 0 aromatic heterocycles. The van der Waals surface area contributed by atoms with Crippen LogP contribution in [0.15, 0.2) is 23.1 Å². The molecule has 1 rings (SSSR count). The summed E-state index contributed by atoms with van der Waals surface area (Å²) in [6.07, 6.45) is 0. The fourth-order valence-corrected chi connectivity index (χ4v) is 2.56. The molecule has 0 saturated heterocycles. The van der Waals surface area contributed by atoms with E-state index in [1.165, 1.54) is 37.0 Å². The van der Waals surface area contributed by atoms with E-state index in [2.05, 4.69) is 0 Å². The third-order valence-electron chi connectivity index (χ3n) is 2.49. The Kier molecular flexibility index (Phi) is 5.71. The maximum Gasteiger partial charge on any atom is 0.323 e. The molecule has 8 heteroatoms. The third-order valence-corrected chi connectivity index (χ3v) is 3.57. The van der Waals surface area contributed by atoms with Gasteiger partial charge in [0.25, 0.3) is 11.6 Å². The Morgan fingerprint density at radius 3 is 2.52 bits per heavy atom. The number of nitro benzene ring substituents is 1. The van der Waals surface area contributed by atoms with Crippen molar-refractivity contribution in [3.8, 4) is 0 Å². The van der Waals surface area contributed by atoms with E-state index in [9.17, 15) is 19.7 Å². The molecular weight excluding hydrogens is 296 g/mol. The number of carbonyl (C=O) groups excluding carboxylic acids is 1. The Morgan fingerprint density at radius 2 is 2.05 bits per heavy atom. The Labute approximate surface area is 126 Å². The van der Waals surface area contributed by atoms with Crippen LogP contribution in [0.5, 0.6) is 0 Å². The molecule has 0 heterocycles. The van der Waals surface area contributed by atoms with E-state index in [1.807, 2.05) is 13.8 Å². The monoisotopic (exact) mass is 312 g/mol. The van der Waals surface area contributed by atoms with Crippen LogP contribution < -0.4 is 0 Å².